The number of amides is 4. The lowest BCUT2D eigenvalue weighted by molar-refractivity contribution is -0.122. The van der Waals surface area contributed by atoms with Crippen LogP contribution in [-0.2, 0) is 22.8 Å². The third-order valence-corrected chi connectivity index (χ3v) is 7.72. The van der Waals surface area contributed by atoms with Crippen molar-refractivity contribution in [1.82, 2.24) is 5.32 Å². The third kappa shape index (κ3) is 7.65. The van der Waals surface area contributed by atoms with Crippen molar-refractivity contribution in [2.75, 3.05) is 11.5 Å². The van der Waals surface area contributed by atoms with Crippen LogP contribution < -0.4 is 24.4 Å². The maximum absolute atomic E-state index is 13.5. The van der Waals surface area contributed by atoms with Crippen LogP contribution in [0.5, 0.6) is 17.2 Å². The topological polar surface area (TPSA) is 94.2 Å². The highest BCUT2D eigenvalue weighted by molar-refractivity contribution is 9.10. The Balaban J connectivity index is 1.35. The SMILES string of the molecule is CCOc1cc(/C=C2\C(=O)NC(=O)N(c3ccc(OCc4ccc(Cl)cc4Cl)cc3)C2=O)cc(Br)c1OCc1ccc(F)cc1. The standard InChI is InChI=1S/C33H24BrCl2FN2O6/c1-2-43-29-15-20(14-27(34)30(29)45-17-19-3-7-23(37)8-4-19)13-26-31(40)38-33(42)39(32(26)41)24-9-11-25(12-10-24)44-18-21-5-6-22(35)16-28(21)36/h3-16H,2,17-18H2,1H3,(H,38,40,42)/b26-13+. The van der Waals surface area contributed by atoms with Crippen molar-refractivity contribution in [3.63, 3.8) is 0 Å². The second-order valence-electron chi connectivity index (χ2n) is 9.65. The number of urea groups is 1. The first kappa shape index (κ1) is 32.0. The van der Waals surface area contributed by atoms with Gasteiger partial charge in [0.2, 0.25) is 0 Å². The van der Waals surface area contributed by atoms with Crippen LogP contribution in [0, 0.1) is 5.82 Å². The van der Waals surface area contributed by atoms with Crippen LogP contribution in [0.2, 0.25) is 10.0 Å². The van der Waals surface area contributed by atoms with Crippen molar-refractivity contribution < 1.29 is 33.0 Å². The summed E-state index contributed by atoms with van der Waals surface area (Å²) in [5.41, 5.74) is 1.89. The maximum Gasteiger partial charge on any atom is 0.335 e. The molecule has 4 amide bonds. The van der Waals surface area contributed by atoms with Gasteiger partial charge in [0.05, 0.1) is 16.8 Å². The highest BCUT2D eigenvalue weighted by atomic mass is 79.9. The predicted molar refractivity (Wildman–Crippen MR) is 172 cm³/mol. The van der Waals surface area contributed by atoms with E-state index in [1.165, 1.54) is 30.3 Å². The lowest BCUT2D eigenvalue weighted by Gasteiger charge is -2.26. The largest absolute Gasteiger partial charge is 0.490 e. The molecule has 45 heavy (non-hydrogen) atoms. The molecule has 0 atom stereocenters. The van der Waals surface area contributed by atoms with E-state index in [9.17, 15) is 18.8 Å². The van der Waals surface area contributed by atoms with E-state index in [1.807, 2.05) is 0 Å². The first-order valence-corrected chi connectivity index (χ1v) is 15.1. The molecular weight excluding hydrogens is 690 g/mol. The lowest BCUT2D eigenvalue weighted by Crippen LogP contribution is -2.54. The minimum Gasteiger partial charge on any atom is -0.490 e. The number of hydrogen-bond donors (Lipinski definition) is 1. The van der Waals surface area contributed by atoms with Crippen molar-refractivity contribution in [3.8, 4) is 17.2 Å². The summed E-state index contributed by atoms with van der Waals surface area (Å²) in [6.45, 7) is 2.44. The number of halogens is 4. The van der Waals surface area contributed by atoms with Crippen molar-refractivity contribution in [1.29, 1.82) is 0 Å². The summed E-state index contributed by atoms with van der Waals surface area (Å²) in [5.74, 6) is -0.789. The Hall–Kier alpha value is -4.38. The predicted octanol–water partition coefficient (Wildman–Crippen LogP) is 8.12. The number of ether oxygens (including phenoxy) is 3. The van der Waals surface area contributed by atoms with Crippen LogP contribution in [0.15, 0.2) is 88.9 Å². The molecule has 4 aromatic rings. The summed E-state index contributed by atoms with van der Waals surface area (Å²) >= 11 is 15.6. The molecule has 0 spiro atoms. The summed E-state index contributed by atoms with van der Waals surface area (Å²) < 4.78 is 31.3. The molecular formula is C33H24BrCl2FN2O6. The van der Waals surface area contributed by atoms with Crippen LogP contribution in [0.1, 0.15) is 23.6 Å². The average molecular weight is 714 g/mol. The molecule has 1 N–H and O–H groups in total. The molecule has 1 heterocycles. The van der Waals surface area contributed by atoms with Gasteiger partial charge in [-0.05, 0) is 101 Å². The summed E-state index contributed by atoms with van der Waals surface area (Å²) in [6, 6.07) is 19.6. The van der Waals surface area contributed by atoms with Gasteiger partial charge >= 0.3 is 6.03 Å². The summed E-state index contributed by atoms with van der Waals surface area (Å²) in [5, 5.41) is 3.19. The van der Waals surface area contributed by atoms with E-state index in [0.717, 1.165) is 16.0 Å². The fourth-order valence-corrected chi connectivity index (χ4v) is 5.40. The molecule has 1 aliphatic heterocycles. The summed E-state index contributed by atoms with van der Waals surface area (Å²) in [4.78, 5) is 39.9. The first-order chi connectivity index (χ1) is 21.6. The molecule has 12 heteroatoms. The lowest BCUT2D eigenvalue weighted by atomic mass is 10.1. The minimum absolute atomic E-state index is 0.149. The van der Waals surface area contributed by atoms with Gasteiger partial charge in [0.25, 0.3) is 11.8 Å². The zero-order chi connectivity index (χ0) is 32.1. The number of nitrogens with one attached hydrogen (secondary N) is 1. The third-order valence-electron chi connectivity index (χ3n) is 6.55. The van der Waals surface area contributed by atoms with E-state index in [4.69, 9.17) is 37.4 Å². The van der Waals surface area contributed by atoms with Gasteiger partial charge in [-0.1, -0.05) is 41.4 Å². The first-order valence-electron chi connectivity index (χ1n) is 13.5. The Bertz CT molecular complexity index is 1800. The monoisotopic (exact) mass is 712 g/mol. The van der Waals surface area contributed by atoms with Crippen LogP contribution in [0.25, 0.3) is 6.08 Å². The normalized spacial score (nSPS) is 14.0. The molecule has 5 rings (SSSR count). The van der Waals surface area contributed by atoms with Crippen molar-refractivity contribution in [2.45, 2.75) is 20.1 Å². The number of hydrogen-bond acceptors (Lipinski definition) is 6. The molecule has 4 aromatic carbocycles. The van der Waals surface area contributed by atoms with E-state index in [-0.39, 0.29) is 30.3 Å². The second-order valence-corrected chi connectivity index (χ2v) is 11.4. The molecule has 0 aliphatic carbocycles. The molecule has 0 radical (unpaired) electrons. The smallest absolute Gasteiger partial charge is 0.335 e. The number of carbonyl (C=O) groups excluding carboxylic acids is 3. The van der Waals surface area contributed by atoms with E-state index < -0.39 is 17.8 Å². The van der Waals surface area contributed by atoms with Crippen molar-refractivity contribution in [2.24, 2.45) is 0 Å². The van der Waals surface area contributed by atoms with E-state index in [1.54, 1.807) is 61.5 Å². The molecule has 1 saturated heterocycles. The number of carbonyl (C=O) groups is 3. The highest BCUT2D eigenvalue weighted by Crippen LogP contribution is 2.38. The van der Waals surface area contributed by atoms with Gasteiger partial charge in [-0.25, -0.2) is 14.1 Å². The van der Waals surface area contributed by atoms with Crippen LogP contribution >= 0.6 is 39.1 Å². The zero-order valence-electron chi connectivity index (χ0n) is 23.6. The van der Waals surface area contributed by atoms with E-state index in [0.29, 0.717) is 43.9 Å². The van der Waals surface area contributed by atoms with Crippen molar-refractivity contribution in [3.05, 3.63) is 121 Å². The number of benzene rings is 4. The Morgan fingerprint density at radius 2 is 1.62 bits per heavy atom. The van der Waals surface area contributed by atoms with Crippen LogP contribution in [0.4, 0.5) is 14.9 Å². The summed E-state index contributed by atoms with van der Waals surface area (Å²) in [7, 11) is 0. The van der Waals surface area contributed by atoms with Gasteiger partial charge < -0.3 is 14.2 Å². The molecule has 0 saturated carbocycles. The highest BCUT2D eigenvalue weighted by Gasteiger charge is 2.37. The van der Waals surface area contributed by atoms with Gasteiger partial charge in [-0.15, -0.1) is 0 Å². The minimum atomic E-state index is -0.885. The molecule has 0 unspecified atom stereocenters. The number of barbiturate groups is 1. The fourth-order valence-electron chi connectivity index (χ4n) is 4.36. The Morgan fingerprint density at radius 3 is 2.31 bits per heavy atom. The van der Waals surface area contributed by atoms with Gasteiger partial charge in [0.1, 0.15) is 30.4 Å². The number of nitrogens with zero attached hydrogens (tertiary/aromatic N) is 1. The fraction of sp³-hybridized carbons (Fsp3) is 0.121. The Morgan fingerprint density at radius 1 is 0.889 bits per heavy atom. The van der Waals surface area contributed by atoms with E-state index >= 15 is 0 Å². The Labute approximate surface area is 276 Å². The molecule has 1 aliphatic rings. The van der Waals surface area contributed by atoms with Crippen LogP contribution in [-0.4, -0.2) is 24.5 Å². The molecule has 230 valence electrons. The molecule has 0 bridgehead atoms. The number of anilines is 1. The second kappa shape index (κ2) is 14.2. The Kier molecular flexibility index (Phi) is 10.1. The number of imide groups is 2. The summed E-state index contributed by atoms with van der Waals surface area (Å²) in [6.07, 6.45) is 1.36. The van der Waals surface area contributed by atoms with Gasteiger partial charge in [-0.2, -0.15) is 0 Å². The molecule has 1 fully saturated rings. The van der Waals surface area contributed by atoms with Gasteiger partial charge in [-0.3, -0.25) is 14.9 Å². The van der Waals surface area contributed by atoms with Gasteiger partial charge in [0, 0.05) is 15.6 Å². The van der Waals surface area contributed by atoms with E-state index in [2.05, 4.69) is 21.2 Å². The van der Waals surface area contributed by atoms with Crippen LogP contribution in [0.3, 0.4) is 0 Å². The van der Waals surface area contributed by atoms with Gasteiger partial charge in [0.15, 0.2) is 11.5 Å². The molecule has 0 aromatic heterocycles. The molecule has 8 nitrogen and oxygen atoms in total. The van der Waals surface area contributed by atoms with Crippen molar-refractivity contribution >= 4 is 68.7 Å². The average Bonchev–Trinajstić information content (AvgIpc) is 3.00. The maximum atomic E-state index is 13.5. The quantitative estimate of drug-likeness (QED) is 0.132. The zero-order valence-corrected chi connectivity index (χ0v) is 26.7. The number of rotatable bonds is 10.